The minimum atomic E-state index is -0.589. The van der Waals surface area contributed by atoms with E-state index in [9.17, 15) is 10.1 Å². The molecule has 5 nitrogen and oxygen atoms in total. The van der Waals surface area contributed by atoms with E-state index >= 15 is 0 Å². The van der Waals surface area contributed by atoms with Crippen LogP contribution in [-0.2, 0) is 0 Å². The number of nitriles is 1. The number of benzene rings is 2. The maximum Gasteiger partial charge on any atom is 0.287 e. The fraction of sp³-hybridized carbons (Fsp3) is 0. The normalized spacial score (nSPS) is 9.68. The Balaban J connectivity index is 2.36. The summed E-state index contributed by atoms with van der Waals surface area (Å²) in [5.41, 5.74) is -0.244. The van der Waals surface area contributed by atoms with Gasteiger partial charge in [-0.15, -0.1) is 0 Å². The van der Waals surface area contributed by atoms with Gasteiger partial charge in [-0.05, 0) is 40.8 Å². The van der Waals surface area contributed by atoms with Crippen LogP contribution in [0, 0.1) is 25.0 Å². The Morgan fingerprint density at radius 3 is 2.63 bits per heavy atom. The van der Waals surface area contributed by atoms with Crippen molar-refractivity contribution in [3.63, 3.8) is 0 Å². The number of para-hydroxylation sites is 1. The maximum atomic E-state index is 10.7. The van der Waals surface area contributed by atoms with Gasteiger partial charge in [0.25, 0.3) is 5.69 Å². The molecule has 0 N–H and O–H groups in total. The Morgan fingerprint density at radius 2 is 2.00 bits per heavy atom. The topological polar surface area (TPSA) is 76.2 Å². The molecule has 0 aromatic heterocycles. The van der Waals surface area contributed by atoms with E-state index < -0.39 is 4.92 Å². The monoisotopic (exact) mass is 366 g/mol. The van der Waals surface area contributed by atoms with Crippen LogP contribution in [0.5, 0.6) is 11.5 Å². The Hall–Kier alpha value is -2.14. The van der Waals surface area contributed by atoms with Gasteiger partial charge in [0.1, 0.15) is 23.1 Å². The van der Waals surface area contributed by atoms with Crippen LogP contribution in [0.25, 0.3) is 0 Å². The van der Waals surface area contributed by atoms with Gasteiger partial charge in [0.2, 0.25) is 0 Å². The Bertz CT molecular complexity index is 680. The second kappa shape index (κ2) is 5.67. The zero-order valence-electron chi connectivity index (χ0n) is 9.54. The Morgan fingerprint density at radius 1 is 1.26 bits per heavy atom. The highest BCUT2D eigenvalue weighted by atomic mass is 127. The molecule has 0 fully saturated rings. The third kappa shape index (κ3) is 3.00. The van der Waals surface area contributed by atoms with Crippen molar-refractivity contribution in [1.82, 2.24) is 0 Å². The van der Waals surface area contributed by atoms with E-state index in [1.54, 1.807) is 12.1 Å². The summed E-state index contributed by atoms with van der Waals surface area (Å²) in [5.74, 6) is 1.03. The molecule has 0 atom stereocenters. The number of halogens is 1. The third-order valence-corrected chi connectivity index (χ3v) is 3.24. The largest absolute Gasteiger partial charge is 0.456 e. The smallest absolute Gasteiger partial charge is 0.287 e. The summed E-state index contributed by atoms with van der Waals surface area (Å²) in [7, 11) is 0. The van der Waals surface area contributed by atoms with Crippen LogP contribution in [-0.4, -0.2) is 4.92 Å². The van der Waals surface area contributed by atoms with Gasteiger partial charge in [0.05, 0.1) is 8.49 Å². The van der Waals surface area contributed by atoms with Crippen molar-refractivity contribution in [2.24, 2.45) is 0 Å². The molecule has 2 aromatic rings. The van der Waals surface area contributed by atoms with Gasteiger partial charge in [0.15, 0.2) is 0 Å². The lowest BCUT2D eigenvalue weighted by Crippen LogP contribution is -1.93. The number of hydrogen-bond acceptors (Lipinski definition) is 4. The van der Waals surface area contributed by atoms with Crippen LogP contribution < -0.4 is 4.74 Å². The zero-order chi connectivity index (χ0) is 13.8. The third-order valence-electron chi connectivity index (χ3n) is 2.35. The summed E-state index contributed by atoms with van der Waals surface area (Å²) >= 11 is 2.12. The molecular weight excluding hydrogens is 359 g/mol. The molecular formula is C13H7IN2O3. The molecule has 19 heavy (non-hydrogen) atoms. The van der Waals surface area contributed by atoms with Crippen molar-refractivity contribution in [2.45, 2.75) is 0 Å². The van der Waals surface area contributed by atoms with Gasteiger partial charge in [-0.25, -0.2) is 0 Å². The van der Waals surface area contributed by atoms with E-state index in [0.29, 0.717) is 11.5 Å². The molecule has 6 heteroatoms. The second-order valence-electron chi connectivity index (χ2n) is 3.58. The predicted molar refractivity (Wildman–Crippen MR) is 77.0 cm³/mol. The Labute approximate surface area is 122 Å². The molecule has 0 unspecified atom stereocenters. The lowest BCUT2D eigenvalue weighted by Gasteiger charge is -2.07. The summed E-state index contributed by atoms with van der Waals surface area (Å²) in [6, 6.07) is 13.3. The number of nitro benzene ring substituents is 1. The summed E-state index contributed by atoms with van der Waals surface area (Å²) in [4.78, 5) is 10.1. The molecule has 0 aliphatic heterocycles. The summed E-state index contributed by atoms with van der Waals surface area (Å²) < 4.78 is 6.52. The van der Waals surface area contributed by atoms with E-state index in [1.807, 2.05) is 18.2 Å². The first-order chi connectivity index (χ1) is 9.11. The fourth-order valence-corrected chi connectivity index (χ4v) is 1.98. The highest BCUT2D eigenvalue weighted by Gasteiger charge is 2.14. The molecule has 0 radical (unpaired) electrons. The molecule has 2 rings (SSSR count). The van der Waals surface area contributed by atoms with Crippen molar-refractivity contribution in [3.8, 4) is 17.6 Å². The number of hydrogen-bond donors (Lipinski definition) is 0. The lowest BCUT2D eigenvalue weighted by molar-refractivity contribution is -0.385. The minimum absolute atomic E-state index is 0.0200. The van der Waals surface area contributed by atoms with Gasteiger partial charge in [-0.3, -0.25) is 10.1 Å². The molecule has 2 aromatic carbocycles. The average Bonchev–Trinajstić information content (AvgIpc) is 2.41. The van der Waals surface area contributed by atoms with E-state index in [0.717, 1.165) is 3.57 Å². The fourth-order valence-electron chi connectivity index (χ4n) is 1.48. The zero-order valence-corrected chi connectivity index (χ0v) is 11.7. The van der Waals surface area contributed by atoms with Gasteiger partial charge in [-0.2, -0.15) is 5.26 Å². The van der Waals surface area contributed by atoms with Gasteiger partial charge >= 0.3 is 0 Å². The molecule has 0 bridgehead atoms. The van der Waals surface area contributed by atoms with Crippen molar-refractivity contribution < 1.29 is 9.66 Å². The Kier molecular flexibility index (Phi) is 3.97. The number of nitrogens with zero attached hydrogens (tertiary/aromatic N) is 2. The van der Waals surface area contributed by atoms with Crippen LogP contribution in [0.15, 0.2) is 42.5 Å². The minimum Gasteiger partial charge on any atom is -0.456 e. The quantitative estimate of drug-likeness (QED) is 0.470. The van der Waals surface area contributed by atoms with Crippen LogP contribution in [0.2, 0.25) is 0 Å². The number of nitro groups is 1. The summed E-state index contributed by atoms with van der Waals surface area (Å²) in [6.45, 7) is 0. The molecule has 0 aliphatic carbocycles. The first kappa shape index (κ1) is 13.3. The van der Waals surface area contributed by atoms with E-state index in [1.165, 1.54) is 18.2 Å². The van der Waals surface area contributed by atoms with Gasteiger partial charge in [0, 0.05) is 12.1 Å². The molecule has 0 heterocycles. The molecule has 0 spiro atoms. The molecule has 0 amide bonds. The van der Waals surface area contributed by atoms with Crippen molar-refractivity contribution >= 4 is 28.3 Å². The average molecular weight is 366 g/mol. The van der Waals surface area contributed by atoms with Crippen LogP contribution >= 0.6 is 22.6 Å². The number of ether oxygens (including phenoxy) is 1. The molecule has 0 saturated carbocycles. The van der Waals surface area contributed by atoms with Crippen molar-refractivity contribution in [2.75, 3.05) is 0 Å². The standard InChI is InChI=1S/C13H7IN2O3/c14-11-3-1-2-4-13(11)19-10-5-6-12(16(17)18)9(7-10)8-15/h1-7H. The summed E-state index contributed by atoms with van der Waals surface area (Å²) in [6.07, 6.45) is 0. The van der Waals surface area contributed by atoms with Crippen LogP contribution in [0.4, 0.5) is 5.69 Å². The van der Waals surface area contributed by atoms with Crippen LogP contribution in [0.3, 0.4) is 0 Å². The van der Waals surface area contributed by atoms with E-state index in [2.05, 4.69) is 22.6 Å². The predicted octanol–water partition coefficient (Wildman–Crippen LogP) is 3.86. The van der Waals surface area contributed by atoms with Crippen molar-refractivity contribution in [1.29, 1.82) is 5.26 Å². The van der Waals surface area contributed by atoms with E-state index in [-0.39, 0.29) is 11.3 Å². The second-order valence-corrected chi connectivity index (χ2v) is 4.74. The van der Waals surface area contributed by atoms with Crippen LogP contribution in [0.1, 0.15) is 5.56 Å². The number of rotatable bonds is 3. The van der Waals surface area contributed by atoms with Crippen molar-refractivity contribution in [3.05, 3.63) is 61.7 Å². The SMILES string of the molecule is N#Cc1cc(Oc2ccccc2I)ccc1[N+](=O)[O-]. The highest BCUT2D eigenvalue weighted by molar-refractivity contribution is 14.1. The molecule has 0 saturated heterocycles. The highest BCUT2D eigenvalue weighted by Crippen LogP contribution is 2.29. The molecule has 94 valence electrons. The lowest BCUT2D eigenvalue weighted by atomic mass is 10.2. The molecule has 0 aliphatic rings. The van der Waals surface area contributed by atoms with Gasteiger partial charge < -0.3 is 4.74 Å². The first-order valence-electron chi connectivity index (χ1n) is 5.22. The van der Waals surface area contributed by atoms with E-state index in [4.69, 9.17) is 10.00 Å². The summed E-state index contributed by atoms with van der Waals surface area (Å²) in [5, 5.41) is 19.6. The van der Waals surface area contributed by atoms with Gasteiger partial charge in [-0.1, -0.05) is 12.1 Å². The maximum absolute atomic E-state index is 10.7. The first-order valence-corrected chi connectivity index (χ1v) is 6.30.